The van der Waals surface area contributed by atoms with Crippen LogP contribution in [0, 0.1) is 0 Å². The third-order valence-corrected chi connectivity index (χ3v) is 8.01. The third-order valence-electron chi connectivity index (χ3n) is 5.08. The van der Waals surface area contributed by atoms with Crippen molar-refractivity contribution in [2.75, 3.05) is 26.3 Å². The normalized spacial score (nSPS) is 17.1. The number of carbonyl (C=O) groups excluding carboxylic acids is 1. The fraction of sp³-hybridized carbons (Fsp3) is 0.455. The summed E-state index contributed by atoms with van der Waals surface area (Å²) >= 11 is 1.31. The molecule has 1 amide bonds. The van der Waals surface area contributed by atoms with E-state index >= 15 is 0 Å². The number of nitrogens with one attached hydrogen (secondary N) is 1. The highest BCUT2D eigenvalue weighted by atomic mass is 32.2. The molecule has 1 saturated heterocycles. The van der Waals surface area contributed by atoms with E-state index in [0.29, 0.717) is 31.3 Å². The van der Waals surface area contributed by atoms with Gasteiger partial charge in [0.05, 0.1) is 29.5 Å². The number of hydrogen-bond donors (Lipinski definition) is 1. The molecule has 0 aliphatic carbocycles. The molecule has 1 aliphatic heterocycles. The Morgan fingerprint density at radius 2 is 1.90 bits per heavy atom. The molecule has 2 heterocycles. The van der Waals surface area contributed by atoms with Crippen molar-refractivity contribution in [3.05, 3.63) is 54.2 Å². The first-order valence-corrected chi connectivity index (χ1v) is 12.8. The number of pyridine rings is 1. The van der Waals surface area contributed by atoms with Gasteiger partial charge < -0.3 is 10.1 Å². The van der Waals surface area contributed by atoms with Crippen LogP contribution in [0.25, 0.3) is 0 Å². The summed E-state index contributed by atoms with van der Waals surface area (Å²) in [7, 11) is -3.57. The van der Waals surface area contributed by atoms with Crippen LogP contribution >= 0.6 is 11.8 Å². The number of thioether (sulfide) groups is 1. The Balaban J connectivity index is 1.62. The number of rotatable bonds is 9. The smallest absolute Gasteiger partial charge is 0.244 e. The van der Waals surface area contributed by atoms with E-state index in [1.807, 2.05) is 37.3 Å². The molecule has 0 spiro atoms. The minimum Gasteiger partial charge on any atom is -0.379 e. The van der Waals surface area contributed by atoms with Gasteiger partial charge in [-0.2, -0.15) is 4.31 Å². The van der Waals surface area contributed by atoms with Crippen LogP contribution in [0.4, 0.5) is 0 Å². The lowest BCUT2D eigenvalue weighted by molar-refractivity contribution is -0.121. The lowest BCUT2D eigenvalue weighted by Gasteiger charge is -2.25. The highest BCUT2D eigenvalue weighted by Gasteiger charge is 2.27. The maximum absolute atomic E-state index is 12.8. The van der Waals surface area contributed by atoms with E-state index in [-0.39, 0.29) is 22.1 Å². The Kier molecular flexibility index (Phi) is 8.48. The zero-order valence-electron chi connectivity index (χ0n) is 17.9. The van der Waals surface area contributed by atoms with E-state index in [2.05, 4.69) is 17.2 Å². The van der Waals surface area contributed by atoms with Crippen LogP contribution < -0.4 is 5.32 Å². The molecule has 3 rings (SSSR count). The quantitative estimate of drug-likeness (QED) is 0.575. The highest BCUT2D eigenvalue weighted by molar-refractivity contribution is 8.00. The van der Waals surface area contributed by atoms with Gasteiger partial charge in [0.25, 0.3) is 0 Å². The Labute approximate surface area is 188 Å². The van der Waals surface area contributed by atoms with Gasteiger partial charge >= 0.3 is 0 Å². The van der Waals surface area contributed by atoms with E-state index in [1.165, 1.54) is 22.3 Å². The zero-order chi connectivity index (χ0) is 22.3. The summed E-state index contributed by atoms with van der Waals surface area (Å²) in [5.41, 5.74) is 1.09. The number of morpholine rings is 1. The Morgan fingerprint density at radius 3 is 2.52 bits per heavy atom. The van der Waals surface area contributed by atoms with Gasteiger partial charge in [0.2, 0.25) is 15.9 Å². The van der Waals surface area contributed by atoms with Crippen molar-refractivity contribution in [3.8, 4) is 0 Å². The van der Waals surface area contributed by atoms with Crippen LogP contribution in [0.5, 0.6) is 0 Å². The van der Waals surface area contributed by atoms with Crippen molar-refractivity contribution in [2.45, 2.75) is 47.9 Å². The Morgan fingerprint density at radius 1 is 1.19 bits per heavy atom. The van der Waals surface area contributed by atoms with Gasteiger partial charge in [-0.3, -0.25) is 4.79 Å². The summed E-state index contributed by atoms with van der Waals surface area (Å²) in [6.07, 6.45) is 3.18. The molecule has 1 aromatic carbocycles. The monoisotopic (exact) mass is 463 g/mol. The third kappa shape index (κ3) is 6.29. The molecule has 2 unspecified atom stereocenters. The van der Waals surface area contributed by atoms with Crippen LogP contribution in [0.1, 0.15) is 38.3 Å². The zero-order valence-corrected chi connectivity index (χ0v) is 19.5. The van der Waals surface area contributed by atoms with Gasteiger partial charge in [0, 0.05) is 19.3 Å². The molecular weight excluding hydrogens is 434 g/mol. The number of nitrogens with zero attached hydrogens (tertiary/aromatic N) is 2. The summed E-state index contributed by atoms with van der Waals surface area (Å²) < 4.78 is 32.0. The lowest BCUT2D eigenvalue weighted by Crippen LogP contribution is -2.40. The van der Waals surface area contributed by atoms with Gasteiger partial charge in [-0.15, -0.1) is 0 Å². The van der Waals surface area contributed by atoms with Crippen LogP contribution in [0.2, 0.25) is 0 Å². The maximum Gasteiger partial charge on any atom is 0.244 e. The predicted molar refractivity (Wildman–Crippen MR) is 121 cm³/mol. The average molecular weight is 464 g/mol. The van der Waals surface area contributed by atoms with Gasteiger partial charge in [-0.25, -0.2) is 13.4 Å². The molecule has 0 saturated carbocycles. The molecule has 0 bridgehead atoms. The fourth-order valence-electron chi connectivity index (χ4n) is 3.34. The lowest BCUT2D eigenvalue weighted by atomic mass is 10.0. The number of carbonyl (C=O) groups is 1. The molecule has 31 heavy (non-hydrogen) atoms. The second-order valence-electron chi connectivity index (χ2n) is 7.37. The van der Waals surface area contributed by atoms with Crippen molar-refractivity contribution >= 4 is 27.7 Å². The molecule has 1 aromatic heterocycles. The van der Waals surface area contributed by atoms with Crippen LogP contribution in [0.15, 0.2) is 58.6 Å². The van der Waals surface area contributed by atoms with E-state index < -0.39 is 10.0 Å². The largest absolute Gasteiger partial charge is 0.379 e. The van der Waals surface area contributed by atoms with E-state index in [0.717, 1.165) is 18.4 Å². The van der Waals surface area contributed by atoms with Crippen molar-refractivity contribution in [3.63, 3.8) is 0 Å². The summed E-state index contributed by atoms with van der Waals surface area (Å²) in [6.45, 7) is 5.40. The molecule has 9 heteroatoms. The van der Waals surface area contributed by atoms with E-state index in [4.69, 9.17) is 4.74 Å². The summed E-state index contributed by atoms with van der Waals surface area (Å²) in [4.78, 5) is 17.2. The molecule has 1 fully saturated rings. The number of aromatic nitrogens is 1. The van der Waals surface area contributed by atoms with Crippen LogP contribution in [0.3, 0.4) is 0 Å². The molecule has 1 N–H and O–H groups in total. The van der Waals surface area contributed by atoms with Crippen molar-refractivity contribution in [1.29, 1.82) is 0 Å². The first-order chi connectivity index (χ1) is 14.9. The number of amides is 1. The minimum atomic E-state index is -3.57. The van der Waals surface area contributed by atoms with E-state index in [9.17, 15) is 13.2 Å². The van der Waals surface area contributed by atoms with Crippen LogP contribution in [-0.2, 0) is 19.6 Å². The predicted octanol–water partition coefficient (Wildman–Crippen LogP) is 3.24. The molecule has 7 nitrogen and oxygen atoms in total. The molecule has 168 valence electrons. The maximum atomic E-state index is 12.8. The van der Waals surface area contributed by atoms with Gasteiger partial charge in [-0.05, 0) is 31.0 Å². The summed E-state index contributed by atoms with van der Waals surface area (Å²) in [5.74, 6) is -0.0703. The molecule has 2 aromatic rings. The second-order valence-corrected chi connectivity index (χ2v) is 10.7. The molecule has 0 radical (unpaired) electrons. The Bertz CT molecular complexity index is 946. The average Bonchev–Trinajstić information content (AvgIpc) is 2.80. The number of benzene rings is 1. The highest BCUT2D eigenvalue weighted by Crippen LogP contribution is 2.25. The Hall–Kier alpha value is -1.94. The topological polar surface area (TPSA) is 88.6 Å². The summed E-state index contributed by atoms with van der Waals surface area (Å²) in [6, 6.07) is 13.1. The second kappa shape index (κ2) is 11.1. The first-order valence-electron chi connectivity index (χ1n) is 10.5. The first kappa shape index (κ1) is 23.7. The van der Waals surface area contributed by atoms with Gasteiger partial charge in [-0.1, -0.05) is 55.4 Å². The van der Waals surface area contributed by atoms with Crippen molar-refractivity contribution in [1.82, 2.24) is 14.6 Å². The standard InChI is InChI=1S/C22H29N3O4S2/c1-3-7-20(18-8-5-4-6-9-18)24-22(26)17(2)30-21-11-10-19(16-23-21)31(27,28)25-12-14-29-15-13-25/h4-6,8-11,16-17,20H,3,7,12-15H2,1-2H3,(H,24,26). The summed E-state index contributed by atoms with van der Waals surface area (Å²) in [5, 5.41) is 3.37. The number of ether oxygens (including phenoxy) is 1. The SMILES string of the molecule is CCCC(NC(=O)C(C)Sc1ccc(S(=O)(=O)N2CCOCC2)cn1)c1ccccc1. The van der Waals surface area contributed by atoms with Crippen molar-refractivity contribution in [2.24, 2.45) is 0 Å². The minimum absolute atomic E-state index is 0.0317. The van der Waals surface area contributed by atoms with Crippen LogP contribution in [-0.4, -0.2) is 55.2 Å². The molecular formula is C22H29N3O4S2. The molecule has 1 aliphatic rings. The number of sulfonamides is 1. The van der Waals surface area contributed by atoms with E-state index in [1.54, 1.807) is 12.1 Å². The van der Waals surface area contributed by atoms with Crippen molar-refractivity contribution < 1.29 is 17.9 Å². The van der Waals surface area contributed by atoms with Gasteiger partial charge in [0.15, 0.2) is 0 Å². The van der Waals surface area contributed by atoms with Gasteiger partial charge in [0.1, 0.15) is 4.90 Å². The fourth-order valence-corrected chi connectivity index (χ4v) is 5.50. The molecule has 2 atom stereocenters. The number of hydrogen-bond acceptors (Lipinski definition) is 6.